The van der Waals surface area contributed by atoms with Crippen LogP contribution in [0.2, 0.25) is 0 Å². The van der Waals surface area contributed by atoms with Crippen LogP contribution in [-0.2, 0) is 6.42 Å². The average Bonchev–Trinajstić information content (AvgIpc) is 2.68. The molecule has 3 atom stereocenters. The predicted octanol–water partition coefficient (Wildman–Crippen LogP) is 2.97. The number of nitrogens with one attached hydrogen (secondary N) is 1. The van der Waals surface area contributed by atoms with E-state index in [0.717, 1.165) is 23.6 Å². The van der Waals surface area contributed by atoms with E-state index in [9.17, 15) is 10.2 Å². The Morgan fingerprint density at radius 3 is 2.07 bits per heavy atom. The molecule has 2 aromatic carbocycles. The van der Waals surface area contributed by atoms with Crippen LogP contribution in [0.4, 0.5) is 0 Å². The number of phenols is 4. The molecule has 0 amide bonds. The van der Waals surface area contributed by atoms with E-state index in [1.807, 2.05) is 6.07 Å². The fraction of sp³-hybridized carbons (Fsp3) is 0.429. The summed E-state index contributed by atoms with van der Waals surface area (Å²) in [6, 6.07) is 10.5. The van der Waals surface area contributed by atoms with E-state index in [1.54, 1.807) is 18.2 Å². The highest BCUT2D eigenvalue weighted by atomic mass is 35.5. The molecule has 5 rings (SSSR count). The van der Waals surface area contributed by atoms with Gasteiger partial charge in [0.2, 0.25) is 0 Å². The lowest BCUT2D eigenvalue weighted by Crippen LogP contribution is -2.48. The van der Waals surface area contributed by atoms with Crippen molar-refractivity contribution in [3.8, 4) is 23.0 Å². The van der Waals surface area contributed by atoms with Gasteiger partial charge in [-0.1, -0.05) is 12.1 Å². The average molecular weight is 409 g/mol. The number of halogens is 1. The molecule has 3 aliphatic rings. The van der Waals surface area contributed by atoms with Gasteiger partial charge >= 0.3 is 0 Å². The lowest BCUT2D eigenvalue weighted by atomic mass is 9.71. The van der Waals surface area contributed by atoms with Crippen LogP contribution in [0.3, 0.4) is 0 Å². The second-order valence-electron chi connectivity index (χ2n) is 7.41. The Hall–Kier alpha value is -2.15. The van der Waals surface area contributed by atoms with Crippen LogP contribution in [-0.4, -0.2) is 39.6 Å². The fourth-order valence-corrected chi connectivity index (χ4v) is 4.04. The first kappa shape index (κ1) is 22.1. The summed E-state index contributed by atoms with van der Waals surface area (Å²) in [6.45, 7) is 1.69. The van der Waals surface area contributed by atoms with Crippen LogP contribution in [0.1, 0.15) is 36.3 Å². The second-order valence-corrected chi connectivity index (χ2v) is 7.41. The van der Waals surface area contributed by atoms with Gasteiger partial charge in [0, 0.05) is 6.04 Å². The van der Waals surface area contributed by atoms with Crippen molar-refractivity contribution in [2.24, 2.45) is 11.7 Å². The van der Waals surface area contributed by atoms with E-state index in [2.05, 4.69) is 5.32 Å². The van der Waals surface area contributed by atoms with Crippen LogP contribution in [0.25, 0.3) is 0 Å². The zero-order chi connectivity index (χ0) is 19.4. The van der Waals surface area contributed by atoms with Gasteiger partial charge in [0.25, 0.3) is 0 Å². The van der Waals surface area contributed by atoms with E-state index in [-0.39, 0.29) is 35.4 Å². The summed E-state index contributed by atoms with van der Waals surface area (Å²) in [5.41, 5.74) is 7.39. The van der Waals surface area contributed by atoms with Gasteiger partial charge in [-0.2, -0.15) is 0 Å². The Morgan fingerprint density at radius 1 is 0.893 bits per heavy atom. The molecule has 2 bridgehead atoms. The SMILES string of the molecule is Cl.NCCc1ccc(O)c(O)c1.Oc1ccc([C@H]2CC3CC[C@H]2NC3)cc1O. The first-order valence-corrected chi connectivity index (χ1v) is 9.44. The monoisotopic (exact) mass is 408 g/mol. The maximum absolute atomic E-state index is 9.53. The van der Waals surface area contributed by atoms with Crippen molar-refractivity contribution in [2.45, 2.75) is 37.6 Å². The first-order valence-electron chi connectivity index (χ1n) is 9.44. The van der Waals surface area contributed by atoms with Gasteiger partial charge in [0.15, 0.2) is 23.0 Å². The lowest BCUT2D eigenvalue weighted by Gasteiger charge is -2.43. The van der Waals surface area contributed by atoms with Gasteiger partial charge in [-0.3, -0.25) is 0 Å². The van der Waals surface area contributed by atoms with Gasteiger partial charge in [-0.15, -0.1) is 12.4 Å². The number of nitrogens with two attached hydrogens (primary N) is 1. The van der Waals surface area contributed by atoms with Crippen molar-refractivity contribution >= 4 is 12.4 Å². The van der Waals surface area contributed by atoms with Gasteiger partial charge in [-0.25, -0.2) is 0 Å². The molecule has 7 N–H and O–H groups in total. The largest absolute Gasteiger partial charge is 0.504 e. The van der Waals surface area contributed by atoms with E-state index >= 15 is 0 Å². The Kier molecular flexibility index (Phi) is 7.80. The Bertz CT molecular complexity index is 779. The minimum Gasteiger partial charge on any atom is -0.504 e. The standard InChI is InChI=1S/C13H17NO2.C8H11NO2.ClH/c15-12-4-2-9(6-13(12)16)10-5-8-1-3-11(10)14-7-8;9-4-3-6-1-2-7(10)8(11)5-6;/h2,4,6,8,10-11,14-16H,1,3,5,7H2;1-2,5,10-11H,3-4,9H2;1H/t8?,10-,11-;;/m1../s1. The van der Waals surface area contributed by atoms with Crippen LogP contribution in [0.15, 0.2) is 36.4 Å². The van der Waals surface area contributed by atoms with E-state index in [1.165, 1.54) is 31.4 Å². The van der Waals surface area contributed by atoms with Crippen molar-refractivity contribution in [2.75, 3.05) is 13.1 Å². The topological polar surface area (TPSA) is 119 Å². The molecule has 1 unspecified atom stereocenters. The zero-order valence-electron chi connectivity index (χ0n) is 15.7. The lowest BCUT2D eigenvalue weighted by molar-refractivity contribution is 0.182. The summed E-state index contributed by atoms with van der Waals surface area (Å²) >= 11 is 0. The molecule has 7 heteroatoms. The molecule has 2 aromatic rings. The molecule has 2 saturated heterocycles. The normalized spacial score (nSPS) is 22.7. The van der Waals surface area contributed by atoms with Crippen molar-refractivity contribution in [3.05, 3.63) is 47.5 Å². The summed E-state index contributed by atoms with van der Waals surface area (Å²) in [7, 11) is 0. The highest BCUT2D eigenvalue weighted by Crippen LogP contribution is 2.41. The molecule has 0 radical (unpaired) electrons. The summed E-state index contributed by atoms with van der Waals surface area (Å²) in [5, 5.41) is 40.4. The second kappa shape index (κ2) is 9.87. The third kappa shape index (κ3) is 5.22. The summed E-state index contributed by atoms with van der Waals surface area (Å²) in [5.74, 6) is 1.07. The quantitative estimate of drug-likeness (QED) is 0.434. The van der Waals surface area contributed by atoms with E-state index in [0.29, 0.717) is 24.9 Å². The number of rotatable bonds is 3. The number of hydrogen-bond acceptors (Lipinski definition) is 6. The number of aromatic hydroxyl groups is 4. The number of benzene rings is 2. The summed E-state index contributed by atoms with van der Waals surface area (Å²) in [6.07, 6.45) is 4.49. The van der Waals surface area contributed by atoms with Gasteiger partial charge in [0.1, 0.15) is 0 Å². The number of fused-ring (bicyclic) bond motifs is 3. The van der Waals surface area contributed by atoms with Crippen molar-refractivity contribution in [1.82, 2.24) is 5.32 Å². The molecule has 6 nitrogen and oxygen atoms in total. The number of piperidine rings is 2. The maximum atomic E-state index is 9.53. The molecule has 0 aromatic heterocycles. The third-order valence-corrected chi connectivity index (χ3v) is 5.53. The van der Waals surface area contributed by atoms with Crippen molar-refractivity contribution in [3.63, 3.8) is 0 Å². The minimum atomic E-state index is -0.0919. The van der Waals surface area contributed by atoms with E-state index < -0.39 is 0 Å². The molecule has 0 spiro atoms. The molecular formula is C21H29ClN2O4. The van der Waals surface area contributed by atoms with Crippen LogP contribution < -0.4 is 11.1 Å². The van der Waals surface area contributed by atoms with Crippen LogP contribution in [0.5, 0.6) is 23.0 Å². The predicted molar refractivity (Wildman–Crippen MR) is 111 cm³/mol. The summed E-state index contributed by atoms with van der Waals surface area (Å²) < 4.78 is 0. The van der Waals surface area contributed by atoms with Gasteiger partial charge < -0.3 is 31.5 Å². The molecule has 2 aliphatic heterocycles. The fourth-order valence-electron chi connectivity index (χ4n) is 4.04. The smallest absolute Gasteiger partial charge is 0.157 e. The molecule has 3 fully saturated rings. The Labute approximate surface area is 171 Å². The van der Waals surface area contributed by atoms with Crippen molar-refractivity contribution < 1.29 is 20.4 Å². The zero-order valence-corrected chi connectivity index (χ0v) is 16.5. The molecule has 2 heterocycles. The Balaban J connectivity index is 0.000000208. The van der Waals surface area contributed by atoms with Gasteiger partial charge in [-0.05, 0) is 86.0 Å². The third-order valence-electron chi connectivity index (χ3n) is 5.53. The highest BCUT2D eigenvalue weighted by molar-refractivity contribution is 5.85. The molecule has 1 aliphatic carbocycles. The maximum Gasteiger partial charge on any atom is 0.157 e. The minimum absolute atomic E-state index is 0. The number of hydrogen-bond donors (Lipinski definition) is 6. The molecule has 28 heavy (non-hydrogen) atoms. The number of phenolic OH excluding ortho intramolecular Hbond substituents is 4. The molecule has 1 saturated carbocycles. The van der Waals surface area contributed by atoms with E-state index in [4.69, 9.17) is 15.9 Å². The highest BCUT2D eigenvalue weighted by Gasteiger charge is 2.36. The van der Waals surface area contributed by atoms with Gasteiger partial charge in [0.05, 0.1) is 0 Å². The van der Waals surface area contributed by atoms with Crippen LogP contribution >= 0.6 is 12.4 Å². The molecule has 154 valence electrons. The van der Waals surface area contributed by atoms with Crippen LogP contribution in [0, 0.1) is 5.92 Å². The first-order chi connectivity index (χ1) is 13.0. The van der Waals surface area contributed by atoms with Crippen molar-refractivity contribution in [1.29, 1.82) is 0 Å². The summed E-state index contributed by atoms with van der Waals surface area (Å²) in [4.78, 5) is 0. The molecular weight excluding hydrogens is 380 g/mol. The Morgan fingerprint density at radius 2 is 1.57 bits per heavy atom.